The van der Waals surface area contributed by atoms with Crippen molar-refractivity contribution < 1.29 is 9.59 Å². The smallest absolute Gasteiger partial charge is 0.243 e. The highest BCUT2D eigenvalue weighted by Crippen LogP contribution is 2.20. The number of thioether (sulfide) groups is 1. The summed E-state index contributed by atoms with van der Waals surface area (Å²) in [5.74, 6) is 0.963. The fourth-order valence-electron chi connectivity index (χ4n) is 4.49. The highest BCUT2D eigenvalue weighted by molar-refractivity contribution is 7.99. The van der Waals surface area contributed by atoms with Gasteiger partial charge in [-0.2, -0.15) is 0 Å². The molecule has 4 nitrogen and oxygen atoms in total. The van der Waals surface area contributed by atoms with Crippen LogP contribution >= 0.6 is 11.8 Å². The third-order valence-corrected chi connectivity index (χ3v) is 7.47. The van der Waals surface area contributed by atoms with Crippen LogP contribution in [0.25, 0.3) is 0 Å². The molecule has 5 heteroatoms. The molecule has 0 saturated carbocycles. The highest BCUT2D eigenvalue weighted by Gasteiger charge is 2.30. The molecule has 0 saturated heterocycles. The molecule has 0 fully saturated rings. The van der Waals surface area contributed by atoms with Crippen molar-refractivity contribution in [3.8, 4) is 0 Å². The van der Waals surface area contributed by atoms with Crippen molar-refractivity contribution in [2.45, 2.75) is 71.8 Å². The zero-order chi connectivity index (χ0) is 26.8. The first-order valence-corrected chi connectivity index (χ1v) is 14.2. The average Bonchev–Trinajstić information content (AvgIpc) is 2.86. The first-order valence-electron chi connectivity index (χ1n) is 13.1. The summed E-state index contributed by atoms with van der Waals surface area (Å²) in [5.41, 5.74) is 6.88. The van der Waals surface area contributed by atoms with Crippen molar-refractivity contribution in [1.29, 1.82) is 0 Å². The monoisotopic (exact) mass is 516 g/mol. The van der Waals surface area contributed by atoms with Gasteiger partial charge in [-0.05, 0) is 50.8 Å². The molecule has 0 bridgehead atoms. The zero-order valence-corrected chi connectivity index (χ0v) is 23.6. The van der Waals surface area contributed by atoms with Crippen LogP contribution in [0.5, 0.6) is 0 Å². The number of amides is 2. The first-order chi connectivity index (χ1) is 17.7. The topological polar surface area (TPSA) is 49.4 Å². The van der Waals surface area contributed by atoms with Crippen LogP contribution < -0.4 is 5.32 Å². The fraction of sp³-hybridized carbons (Fsp3) is 0.375. The SMILES string of the molecule is CC[C@@H](C)NC(=O)[C@H](Cc1ccccc1)N(Cc1cccc(C)c1)C(=O)CSCc1cc(C)cc(C)c1. The number of nitrogens with zero attached hydrogens (tertiary/aromatic N) is 1. The summed E-state index contributed by atoms with van der Waals surface area (Å²) in [7, 11) is 0. The Labute approximate surface area is 226 Å². The van der Waals surface area contributed by atoms with Gasteiger partial charge in [0.05, 0.1) is 5.75 Å². The fourth-order valence-corrected chi connectivity index (χ4v) is 5.34. The quantitative estimate of drug-likeness (QED) is 0.303. The van der Waals surface area contributed by atoms with E-state index < -0.39 is 6.04 Å². The summed E-state index contributed by atoms with van der Waals surface area (Å²) in [4.78, 5) is 29.1. The van der Waals surface area contributed by atoms with Crippen LogP contribution in [0.15, 0.2) is 72.8 Å². The zero-order valence-electron chi connectivity index (χ0n) is 22.8. The second kappa shape index (κ2) is 14.0. The lowest BCUT2D eigenvalue weighted by Crippen LogP contribution is -2.52. The van der Waals surface area contributed by atoms with Crippen LogP contribution in [-0.2, 0) is 28.3 Å². The maximum atomic E-state index is 13.8. The Hall–Kier alpha value is -3.05. The standard InChI is InChI=1S/C32H40N2O2S/c1-6-26(5)33-32(36)30(19-27-12-8-7-9-13-27)34(20-28-14-10-11-23(2)16-28)31(35)22-37-21-29-17-24(3)15-25(4)18-29/h7-18,26,30H,6,19-22H2,1-5H3,(H,33,36)/t26-,30+/m1/s1. The Morgan fingerprint density at radius 3 is 2.14 bits per heavy atom. The van der Waals surface area contributed by atoms with E-state index in [0.29, 0.717) is 18.7 Å². The van der Waals surface area contributed by atoms with E-state index >= 15 is 0 Å². The van der Waals surface area contributed by atoms with E-state index in [1.165, 1.54) is 16.7 Å². The number of hydrogen-bond donors (Lipinski definition) is 1. The van der Waals surface area contributed by atoms with Gasteiger partial charge in [0.1, 0.15) is 6.04 Å². The van der Waals surface area contributed by atoms with E-state index in [9.17, 15) is 9.59 Å². The molecule has 0 spiro atoms. The van der Waals surface area contributed by atoms with E-state index in [0.717, 1.165) is 28.9 Å². The lowest BCUT2D eigenvalue weighted by molar-refractivity contribution is -0.139. The molecule has 1 N–H and O–H groups in total. The third-order valence-electron chi connectivity index (χ3n) is 6.48. The molecule has 2 amide bonds. The van der Waals surface area contributed by atoms with Gasteiger partial charge < -0.3 is 10.2 Å². The molecule has 37 heavy (non-hydrogen) atoms. The number of nitrogens with one attached hydrogen (secondary N) is 1. The predicted octanol–water partition coefficient (Wildman–Crippen LogP) is 6.40. The molecule has 0 radical (unpaired) electrons. The van der Waals surface area contributed by atoms with Crippen LogP contribution in [0.3, 0.4) is 0 Å². The molecule has 0 aliphatic heterocycles. The number of aryl methyl sites for hydroxylation is 3. The second-order valence-corrected chi connectivity index (χ2v) is 11.0. The van der Waals surface area contributed by atoms with Crippen molar-refractivity contribution in [3.63, 3.8) is 0 Å². The molecule has 0 unspecified atom stereocenters. The van der Waals surface area contributed by atoms with Gasteiger partial charge >= 0.3 is 0 Å². The number of rotatable bonds is 12. The maximum Gasteiger partial charge on any atom is 0.243 e. The van der Waals surface area contributed by atoms with Gasteiger partial charge in [-0.25, -0.2) is 0 Å². The average molecular weight is 517 g/mol. The molecule has 3 rings (SSSR count). The summed E-state index contributed by atoms with van der Waals surface area (Å²) in [6.07, 6.45) is 1.31. The lowest BCUT2D eigenvalue weighted by atomic mass is 10.0. The Bertz CT molecular complexity index is 1160. The highest BCUT2D eigenvalue weighted by atomic mass is 32.2. The second-order valence-electron chi connectivity index (χ2n) is 10.0. The normalized spacial score (nSPS) is 12.6. The van der Waals surface area contributed by atoms with E-state index in [2.05, 4.69) is 50.4 Å². The van der Waals surface area contributed by atoms with Crippen molar-refractivity contribution >= 4 is 23.6 Å². The van der Waals surface area contributed by atoms with Gasteiger partial charge in [-0.1, -0.05) is 96.4 Å². The summed E-state index contributed by atoms with van der Waals surface area (Å²) in [5, 5.41) is 3.14. The molecular weight excluding hydrogens is 476 g/mol. The molecular formula is C32H40N2O2S. The van der Waals surface area contributed by atoms with Crippen molar-refractivity contribution in [2.24, 2.45) is 0 Å². The van der Waals surface area contributed by atoms with Gasteiger partial charge in [0, 0.05) is 24.8 Å². The molecule has 0 heterocycles. The summed E-state index contributed by atoms with van der Waals surface area (Å²) in [6, 6.07) is 24.1. The van der Waals surface area contributed by atoms with Crippen LogP contribution in [0.1, 0.15) is 53.6 Å². The molecule has 196 valence electrons. The minimum absolute atomic E-state index is 0.0175. The number of carbonyl (C=O) groups excluding carboxylic acids is 2. The van der Waals surface area contributed by atoms with Gasteiger partial charge in [-0.3, -0.25) is 9.59 Å². The van der Waals surface area contributed by atoms with Crippen LogP contribution in [0.2, 0.25) is 0 Å². The summed E-state index contributed by atoms with van der Waals surface area (Å²) in [6.45, 7) is 10.7. The molecule has 0 aromatic heterocycles. The first kappa shape index (κ1) is 28.5. The Kier molecular flexibility index (Phi) is 10.8. The van der Waals surface area contributed by atoms with Gasteiger partial charge in [0.25, 0.3) is 0 Å². The van der Waals surface area contributed by atoms with Crippen LogP contribution in [-0.4, -0.2) is 34.6 Å². The van der Waals surface area contributed by atoms with E-state index in [1.807, 2.05) is 62.4 Å². The Balaban J connectivity index is 1.86. The van der Waals surface area contributed by atoms with Crippen LogP contribution in [0.4, 0.5) is 0 Å². The van der Waals surface area contributed by atoms with Crippen molar-refractivity contribution in [2.75, 3.05) is 5.75 Å². The van der Waals surface area contributed by atoms with E-state index in [4.69, 9.17) is 0 Å². The maximum absolute atomic E-state index is 13.8. The Morgan fingerprint density at radius 1 is 0.838 bits per heavy atom. The molecule has 3 aromatic carbocycles. The molecule has 0 aliphatic carbocycles. The van der Waals surface area contributed by atoms with E-state index in [-0.39, 0.29) is 17.9 Å². The Morgan fingerprint density at radius 2 is 1.49 bits per heavy atom. The largest absolute Gasteiger partial charge is 0.352 e. The van der Waals surface area contributed by atoms with E-state index in [1.54, 1.807) is 16.7 Å². The minimum atomic E-state index is -0.591. The van der Waals surface area contributed by atoms with Gasteiger partial charge in [0.15, 0.2) is 0 Å². The molecule has 3 aromatic rings. The van der Waals surface area contributed by atoms with Gasteiger partial charge in [0.2, 0.25) is 11.8 Å². The third kappa shape index (κ3) is 9.08. The number of carbonyl (C=O) groups is 2. The number of benzene rings is 3. The summed E-state index contributed by atoms with van der Waals surface area (Å²) < 4.78 is 0. The minimum Gasteiger partial charge on any atom is -0.352 e. The van der Waals surface area contributed by atoms with Crippen molar-refractivity contribution in [1.82, 2.24) is 10.2 Å². The lowest BCUT2D eigenvalue weighted by Gasteiger charge is -2.32. The van der Waals surface area contributed by atoms with Crippen LogP contribution in [0, 0.1) is 20.8 Å². The van der Waals surface area contributed by atoms with Crippen molar-refractivity contribution in [3.05, 3.63) is 106 Å². The van der Waals surface area contributed by atoms with Gasteiger partial charge in [-0.15, -0.1) is 11.8 Å². The summed E-state index contributed by atoms with van der Waals surface area (Å²) >= 11 is 1.60. The number of hydrogen-bond acceptors (Lipinski definition) is 3. The molecule has 2 atom stereocenters. The molecule has 0 aliphatic rings. The predicted molar refractivity (Wildman–Crippen MR) is 156 cm³/mol.